The summed E-state index contributed by atoms with van der Waals surface area (Å²) < 4.78 is 5.02. The van der Waals surface area contributed by atoms with Gasteiger partial charge in [-0.1, -0.05) is 24.8 Å². The fourth-order valence-corrected chi connectivity index (χ4v) is 2.05. The normalized spacial score (nSPS) is 14.0. The third-order valence-corrected chi connectivity index (χ3v) is 3.21. The van der Waals surface area contributed by atoms with Gasteiger partial charge >= 0.3 is 5.97 Å². The van der Waals surface area contributed by atoms with Crippen LogP contribution in [-0.4, -0.2) is 18.4 Å². The number of anilines is 1. The van der Waals surface area contributed by atoms with E-state index in [1.807, 2.05) is 38.1 Å². The van der Waals surface area contributed by atoms with Crippen molar-refractivity contribution in [1.82, 2.24) is 5.43 Å². The minimum absolute atomic E-state index is 0.327. The Bertz CT molecular complexity index is 645. The Morgan fingerprint density at radius 3 is 2.67 bits per heavy atom. The van der Waals surface area contributed by atoms with E-state index in [0.29, 0.717) is 23.7 Å². The lowest BCUT2D eigenvalue weighted by Crippen LogP contribution is -2.29. The molecule has 0 spiro atoms. The number of benzene rings is 1. The number of nitrogens with one attached hydrogen (secondary N) is 2. The summed E-state index contributed by atoms with van der Waals surface area (Å²) in [6.07, 6.45) is 0. The molecule has 1 heterocycles. The minimum Gasteiger partial charge on any atom is -0.462 e. The highest BCUT2D eigenvalue weighted by molar-refractivity contribution is 6.11. The number of ether oxygens (including phenoxy) is 1. The van der Waals surface area contributed by atoms with Gasteiger partial charge in [-0.15, -0.1) is 0 Å². The van der Waals surface area contributed by atoms with Gasteiger partial charge in [-0.3, -0.25) is 10.9 Å². The van der Waals surface area contributed by atoms with E-state index in [4.69, 9.17) is 4.74 Å². The zero-order chi connectivity index (χ0) is 15.4. The maximum absolute atomic E-state index is 11.9. The topological polar surface area (TPSA) is 62.7 Å². The van der Waals surface area contributed by atoms with Gasteiger partial charge in [-0.2, -0.15) is 0 Å². The first-order chi connectivity index (χ1) is 10.0. The average Bonchev–Trinajstić information content (AvgIpc) is 2.73. The summed E-state index contributed by atoms with van der Waals surface area (Å²) in [6.45, 7) is 9.72. The second kappa shape index (κ2) is 6.26. The Labute approximate surface area is 124 Å². The number of rotatable bonds is 4. The van der Waals surface area contributed by atoms with E-state index in [9.17, 15) is 4.79 Å². The van der Waals surface area contributed by atoms with E-state index in [0.717, 1.165) is 16.8 Å². The van der Waals surface area contributed by atoms with Crippen LogP contribution in [0.25, 0.3) is 0 Å². The van der Waals surface area contributed by atoms with Crippen LogP contribution in [0.1, 0.15) is 19.4 Å². The Hall–Kier alpha value is -2.56. The molecule has 1 aromatic carbocycles. The van der Waals surface area contributed by atoms with Crippen molar-refractivity contribution >= 4 is 17.5 Å². The number of aliphatic imine (C=N–C) groups is 1. The van der Waals surface area contributed by atoms with Gasteiger partial charge < -0.3 is 4.74 Å². The van der Waals surface area contributed by atoms with Crippen molar-refractivity contribution in [1.29, 1.82) is 0 Å². The van der Waals surface area contributed by atoms with Gasteiger partial charge in [-0.05, 0) is 32.4 Å². The van der Waals surface area contributed by atoms with Crippen LogP contribution >= 0.6 is 0 Å². The molecular weight excluding hydrogens is 266 g/mol. The van der Waals surface area contributed by atoms with E-state index in [-0.39, 0.29) is 0 Å². The number of para-hydroxylation sites is 1. The van der Waals surface area contributed by atoms with Crippen LogP contribution in [0.5, 0.6) is 0 Å². The number of esters is 1. The molecule has 110 valence electrons. The minimum atomic E-state index is -0.392. The Kier molecular flexibility index (Phi) is 4.42. The number of amidine groups is 1. The smallest absolute Gasteiger partial charge is 0.340 e. The average molecular weight is 285 g/mol. The molecule has 2 rings (SSSR count). The van der Waals surface area contributed by atoms with Crippen molar-refractivity contribution in [3.63, 3.8) is 0 Å². The van der Waals surface area contributed by atoms with Crippen molar-refractivity contribution in [2.75, 3.05) is 12.0 Å². The van der Waals surface area contributed by atoms with E-state index in [1.54, 1.807) is 6.92 Å². The second-order valence-corrected chi connectivity index (χ2v) is 4.69. The predicted octanol–water partition coefficient (Wildman–Crippen LogP) is 2.72. The lowest BCUT2D eigenvalue weighted by Gasteiger charge is -2.12. The highest BCUT2D eigenvalue weighted by Gasteiger charge is 2.26. The molecular formula is C16H19N3O2. The summed E-state index contributed by atoms with van der Waals surface area (Å²) >= 11 is 0. The van der Waals surface area contributed by atoms with E-state index in [1.165, 1.54) is 0 Å². The van der Waals surface area contributed by atoms with Gasteiger partial charge in [0.15, 0.2) is 0 Å². The lowest BCUT2D eigenvalue weighted by atomic mass is 10.1. The number of aryl methyl sites for hydroxylation is 1. The fourth-order valence-electron chi connectivity index (χ4n) is 2.05. The molecule has 1 aromatic rings. The SMILES string of the molecule is C=C1N=C(NNc2ccccc2C)C(C)=C1C(=O)OCC. The summed E-state index contributed by atoms with van der Waals surface area (Å²) in [4.78, 5) is 16.2. The first kappa shape index (κ1) is 14.8. The Morgan fingerprint density at radius 2 is 2.00 bits per heavy atom. The molecule has 0 atom stereocenters. The molecule has 0 aromatic heterocycles. The standard InChI is InChI=1S/C16H19N3O2/c1-5-21-16(20)14-11(3)15(17-12(14)4)19-18-13-9-7-6-8-10(13)2/h6-9,18H,4-5H2,1-3H3,(H,17,19). The van der Waals surface area contributed by atoms with Crippen LogP contribution in [0.2, 0.25) is 0 Å². The van der Waals surface area contributed by atoms with Crippen molar-refractivity contribution in [3.05, 3.63) is 53.3 Å². The van der Waals surface area contributed by atoms with Crippen LogP contribution in [0.15, 0.2) is 52.7 Å². The zero-order valence-electron chi connectivity index (χ0n) is 12.5. The third kappa shape index (κ3) is 3.13. The summed E-state index contributed by atoms with van der Waals surface area (Å²) in [7, 11) is 0. The third-order valence-electron chi connectivity index (χ3n) is 3.21. The maximum atomic E-state index is 11.9. The number of hydrogen-bond donors (Lipinski definition) is 2. The van der Waals surface area contributed by atoms with Gasteiger partial charge in [0, 0.05) is 5.57 Å². The van der Waals surface area contributed by atoms with Crippen molar-refractivity contribution < 1.29 is 9.53 Å². The first-order valence-corrected chi connectivity index (χ1v) is 6.78. The van der Waals surface area contributed by atoms with E-state index < -0.39 is 5.97 Å². The van der Waals surface area contributed by atoms with Crippen molar-refractivity contribution in [2.24, 2.45) is 4.99 Å². The molecule has 0 unspecified atom stereocenters. The summed E-state index contributed by atoms with van der Waals surface area (Å²) in [5.41, 5.74) is 9.72. The summed E-state index contributed by atoms with van der Waals surface area (Å²) in [6, 6.07) is 7.88. The molecule has 0 saturated heterocycles. The zero-order valence-corrected chi connectivity index (χ0v) is 12.5. The van der Waals surface area contributed by atoms with E-state index >= 15 is 0 Å². The van der Waals surface area contributed by atoms with Crippen molar-refractivity contribution in [3.8, 4) is 0 Å². The van der Waals surface area contributed by atoms with Gasteiger partial charge in [0.25, 0.3) is 0 Å². The lowest BCUT2D eigenvalue weighted by molar-refractivity contribution is -0.138. The van der Waals surface area contributed by atoms with Crippen LogP contribution < -0.4 is 10.9 Å². The predicted molar refractivity (Wildman–Crippen MR) is 83.8 cm³/mol. The molecule has 5 nitrogen and oxygen atoms in total. The molecule has 0 saturated carbocycles. The Balaban J connectivity index is 2.11. The van der Waals surface area contributed by atoms with Crippen LogP contribution in [0, 0.1) is 6.92 Å². The highest BCUT2D eigenvalue weighted by atomic mass is 16.5. The molecule has 1 aliphatic rings. The first-order valence-electron chi connectivity index (χ1n) is 6.78. The monoisotopic (exact) mass is 285 g/mol. The molecule has 0 amide bonds. The largest absolute Gasteiger partial charge is 0.462 e. The molecule has 1 aliphatic heterocycles. The molecule has 0 bridgehead atoms. The van der Waals surface area contributed by atoms with Crippen LogP contribution in [0.4, 0.5) is 5.69 Å². The van der Waals surface area contributed by atoms with Crippen LogP contribution in [0.3, 0.4) is 0 Å². The highest BCUT2D eigenvalue weighted by Crippen LogP contribution is 2.24. The van der Waals surface area contributed by atoms with Gasteiger partial charge in [0.1, 0.15) is 5.84 Å². The number of carbonyl (C=O) groups is 1. The Morgan fingerprint density at radius 1 is 1.29 bits per heavy atom. The van der Waals surface area contributed by atoms with Gasteiger partial charge in [0.2, 0.25) is 0 Å². The number of hydrazine groups is 1. The quantitative estimate of drug-likeness (QED) is 0.659. The second-order valence-electron chi connectivity index (χ2n) is 4.69. The van der Waals surface area contributed by atoms with Gasteiger partial charge in [-0.25, -0.2) is 9.79 Å². The number of hydrogen-bond acceptors (Lipinski definition) is 5. The molecule has 0 radical (unpaired) electrons. The van der Waals surface area contributed by atoms with Gasteiger partial charge in [0.05, 0.1) is 23.6 Å². The molecule has 5 heteroatoms. The molecule has 0 aliphatic carbocycles. The van der Waals surface area contributed by atoms with Crippen LogP contribution in [-0.2, 0) is 9.53 Å². The van der Waals surface area contributed by atoms with Crippen molar-refractivity contribution in [2.45, 2.75) is 20.8 Å². The summed E-state index contributed by atoms with van der Waals surface area (Å²) in [5, 5.41) is 0. The fraction of sp³-hybridized carbons (Fsp3) is 0.250. The molecule has 0 fully saturated rings. The number of nitrogens with zero attached hydrogens (tertiary/aromatic N) is 1. The number of carbonyl (C=O) groups excluding carboxylic acids is 1. The van der Waals surface area contributed by atoms with E-state index in [2.05, 4.69) is 22.4 Å². The molecule has 21 heavy (non-hydrogen) atoms. The summed E-state index contributed by atoms with van der Waals surface area (Å²) in [5.74, 6) is 0.183. The maximum Gasteiger partial charge on any atom is 0.340 e. The molecule has 2 N–H and O–H groups in total.